The highest BCUT2D eigenvalue weighted by molar-refractivity contribution is 7.60. The highest BCUT2D eigenvalue weighted by Crippen LogP contribution is 2.53. The van der Waals surface area contributed by atoms with E-state index in [9.17, 15) is 18.5 Å². The summed E-state index contributed by atoms with van der Waals surface area (Å²) in [6.45, 7) is -0.865. The lowest BCUT2D eigenvalue weighted by atomic mass is 10.1. The molecule has 18 heteroatoms. The third-order valence-electron chi connectivity index (χ3n) is 1.52. The topological polar surface area (TPSA) is 269 Å². The summed E-state index contributed by atoms with van der Waals surface area (Å²) in [7, 11) is -15.0. The third-order valence-corrected chi connectivity index (χ3v) is 3.74. The quantitative estimate of drug-likeness (QED) is 0.140. The monoisotopic (exact) mass is 408 g/mol. The van der Waals surface area contributed by atoms with E-state index in [1.807, 2.05) is 0 Å². The molecule has 0 amide bonds. The summed E-state index contributed by atoms with van der Waals surface area (Å²) in [5.74, 6) is 0. The van der Waals surface area contributed by atoms with Crippen LogP contribution < -0.4 is 0 Å². The molecule has 0 unspecified atom stereocenters. The van der Waals surface area contributed by atoms with Crippen LogP contribution in [0.4, 0.5) is 0 Å². The number of rotatable bonds is 8. The second-order valence-electron chi connectivity index (χ2n) is 3.50. The predicted molar refractivity (Wildman–Crippen MR) is 67.3 cm³/mol. The Kier molecular flexibility index (Phi) is 11.0. The van der Waals surface area contributed by atoms with Gasteiger partial charge >= 0.3 is 23.5 Å². The maximum absolute atomic E-state index is 10.3. The Labute approximate surface area is 127 Å². The van der Waals surface area contributed by atoms with Crippen molar-refractivity contribution in [2.24, 2.45) is 0 Å². The Morgan fingerprint density at radius 1 is 0.870 bits per heavy atom. The van der Waals surface area contributed by atoms with Crippen molar-refractivity contribution in [3.05, 3.63) is 0 Å². The van der Waals surface area contributed by atoms with Crippen LogP contribution in [0.2, 0.25) is 0 Å². The predicted octanol–water partition coefficient (Wildman–Crippen LogP) is -3.43. The smallest absolute Gasteiger partial charge is 0.394 e. The molecule has 0 spiro atoms. The SMILES string of the molecule is O=C[C@H](OP(=O)(O)O)[C@H](O)[C@H](O)CO.O=P(O)(O)OP(=O)(O)O. The molecular weight excluding hydrogens is 393 g/mol. The molecule has 0 aliphatic heterocycles. The van der Waals surface area contributed by atoms with E-state index >= 15 is 0 Å². The minimum Gasteiger partial charge on any atom is -0.394 e. The number of aliphatic hydroxyl groups excluding tert-OH is 3. The van der Waals surface area contributed by atoms with Crippen LogP contribution in [0.3, 0.4) is 0 Å². The molecule has 0 bridgehead atoms. The van der Waals surface area contributed by atoms with Gasteiger partial charge in [-0.05, 0) is 0 Å². The lowest BCUT2D eigenvalue weighted by Crippen LogP contribution is -2.41. The first kappa shape index (κ1) is 25.2. The largest absolute Gasteiger partial charge is 0.478 e. The van der Waals surface area contributed by atoms with Crippen LogP contribution in [0.1, 0.15) is 0 Å². The zero-order chi connectivity index (χ0) is 19.1. The number of aldehydes is 1. The molecule has 0 aromatic carbocycles. The molecule has 0 saturated heterocycles. The maximum atomic E-state index is 10.3. The zero-order valence-electron chi connectivity index (χ0n) is 10.8. The standard InChI is InChI=1S/C5H11O8P.H4O7P2/c6-1-3(8)5(9)4(2-7)13-14(10,11)12;1-8(2,3)7-9(4,5)6/h2-6,8-9H,1H2,(H2,10,11,12);(H2,1,2,3)(H2,4,5,6)/t3-,4+,5-;/m1./s1. The molecule has 23 heavy (non-hydrogen) atoms. The van der Waals surface area contributed by atoms with Gasteiger partial charge in [0, 0.05) is 0 Å². The van der Waals surface area contributed by atoms with Gasteiger partial charge in [-0.2, -0.15) is 4.31 Å². The van der Waals surface area contributed by atoms with E-state index in [4.69, 9.17) is 44.7 Å². The summed E-state index contributed by atoms with van der Waals surface area (Å²) in [5.41, 5.74) is 0. The van der Waals surface area contributed by atoms with Gasteiger partial charge in [0.05, 0.1) is 6.61 Å². The second kappa shape index (κ2) is 10.0. The van der Waals surface area contributed by atoms with Crippen molar-refractivity contribution in [1.29, 1.82) is 0 Å². The molecule has 0 saturated carbocycles. The van der Waals surface area contributed by atoms with Gasteiger partial charge in [0.1, 0.15) is 12.2 Å². The Morgan fingerprint density at radius 3 is 1.43 bits per heavy atom. The molecule has 0 heterocycles. The Hall–Kier alpha value is -0.0800. The fourth-order valence-corrected chi connectivity index (χ4v) is 2.39. The molecule has 9 N–H and O–H groups in total. The van der Waals surface area contributed by atoms with Crippen LogP contribution >= 0.6 is 23.5 Å². The molecule has 0 radical (unpaired) electrons. The van der Waals surface area contributed by atoms with Crippen molar-refractivity contribution in [2.75, 3.05) is 6.61 Å². The summed E-state index contributed by atoms with van der Waals surface area (Å²) in [5, 5.41) is 26.2. The number of aliphatic hydroxyl groups is 3. The first-order chi connectivity index (χ1) is 10.0. The van der Waals surface area contributed by atoms with E-state index in [0.29, 0.717) is 0 Å². The van der Waals surface area contributed by atoms with Crippen molar-refractivity contribution >= 4 is 29.8 Å². The van der Waals surface area contributed by atoms with Crippen LogP contribution in [-0.2, 0) is 27.3 Å². The average molecular weight is 408 g/mol. The van der Waals surface area contributed by atoms with Gasteiger partial charge in [0.15, 0.2) is 12.4 Å². The Morgan fingerprint density at radius 2 is 1.26 bits per heavy atom. The third kappa shape index (κ3) is 16.6. The molecular formula is C5H15O15P3. The molecule has 0 aliphatic rings. The molecule has 0 aromatic heterocycles. The molecule has 0 fully saturated rings. The summed E-state index contributed by atoms with van der Waals surface area (Å²) in [6.07, 6.45) is -5.58. The average Bonchev–Trinajstić information content (AvgIpc) is 2.29. The number of carbonyl (C=O) groups is 1. The lowest BCUT2D eigenvalue weighted by Gasteiger charge is -2.21. The Bertz CT molecular complexity index is 465. The molecule has 140 valence electrons. The summed E-state index contributed by atoms with van der Waals surface area (Å²) >= 11 is 0. The number of phosphoric ester groups is 1. The molecule has 3 atom stereocenters. The zero-order valence-corrected chi connectivity index (χ0v) is 13.5. The normalized spacial score (nSPS) is 16.7. The summed E-state index contributed by atoms with van der Waals surface area (Å²) in [4.78, 5) is 57.8. The van der Waals surface area contributed by atoms with Gasteiger partial charge in [-0.25, -0.2) is 13.7 Å². The minimum atomic E-state index is -5.05. The number of hydrogen-bond acceptors (Lipinski definition) is 9. The molecule has 0 aliphatic carbocycles. The number of carbonyl (C=O) groups excluding carboxylic acids is 1. The maximum Gasteiger partial charge on any atom is 0.478 e. The van der Waals surface area contributed by atoms with Crippen molar-refractivity contribution in [2.45, 2.75) is 18.3 Å². The fraction of sp³-hybridized carbons (Fsp3) is 0.800. The minimum absolute atomic E-state index is 0.0807. The first-order valence-corrected chi connectivity index (χ1v) is 9.60. The van der Waals surface area contributed by atoms with Gasteiger partial charge in [0.2, 0.25) is 0 Å². The molecule has 0 aromatic rings. The summed E-state index contributed by atoms with van der Waals surface area (Å²) in [6, 6.07) is 0. The van der Waals surface area contributed by atoms with E-state index in [1.165, 1.54) is 0 Å². The molecule has 0 rings (SSSR count). The van der Waals surface area contributed by atoms with Crippen LogP contribution in [0.15, 0.2) is 0 Å². The van der Waals surface area contributed by atoms with Crippen LogP contribution in [0.5, 0.6) is 0 Å². The fourth-order valence-electron chi connectivity index (χ4n) is 0.792. The molecule has 15 nitrogen and oxygen atoms in total. The van der Waals surface area contributed by atoms with E-state index in [0.717, 1.165) is 0 Å². The highest BCUT2D eigenvalue weighted by Gasteiger charge is 2.32. The van der Waals surface area contributed by atoms with E-state index in [1.54, 1.807) is 0 Å². The van der Waals surface area contributed by atoms with Crippen LogP contribution in [0.25, 0.3) is 0 Å². The van der Waals surface area contributed by atoms with Gasteiger partial charge in [0.25, 0.3) is 0 Å². The highest BCUT2D eigenvalue weighted by atomic mass is 31.3. The van der Waals surface area contributed by atoms with E-state index in [2.05, 4.69) is 8.83 Å². The van der Waals surface area contributed by atoms with E-state index < -0.39 is 48.4 Å². The van der Waals surface area contributed by atoms with E-state index in [-0.39, 0.29) is 6.29 Å². The number of hydrogen-bond donors (Lipinski definition) is 9. The summed E-state index contributed by atoms with van der Waals surface area (Å²) < 4.78 is 36.3. The van der Waals surface area contributed by atoms with Crippen molar-refractivity contribution in [3.8, 4) is 0 Å². The van der Waals surface area contributed by atoms with Crippen molar-refractivity contribution in [1.82, 2.24) is 0 Å². The van der Waals surface area contributed by atoms with Crippen molar-refractivity contribution < 1.29 is 72.0 Å². The van der Waals surface area contributed by atoms with Crippen molar-refractivity contribution in [3.63, 3.8) is 0 Å². The Balaban J connectivity index is 0. The lowest BCUT2D eigenvalue weighted by molar-refractivity contribution is -0.126. The van der Waals surface area contributed by atoms with Crippen LogP contribution in [0, 0.1) is 0 Å². The second-order valence-corrected chi connectivity index (χ2v) is 7.31. The van der Waals surface area contributed by atoms with Gasteiger partial charge in [-0.3, -0.25) is 4.52 Å². The number of phosphoric acid groups is 3. The first-order valence-electron chi connectivity index (χ1n) is 5.01. The van der Waals surface area contributed by atoms with Gasteiger partial charge < -0.3 is 49.5 Å². The van der Waals surface area contributed by atoms with Gasteiger partial charge in [-0.1, -0.05) is 0 Å². The van der Waals surface area contributed by atoms with Crippen LogP contribution in [-0.4, -0.2) is 75.9 Å². The van der Waals surface area contributed by atoms with Gasteiger partial charge in [-0.15, -0.1) is 0 Å².